The van der Waals surface area contributed by atoms with Crippen molar-refractivity contribution in [2.45, 2.75) is 96.8 Å². The molecule has 26 heavy (non-hydrogen) atoms. The number of unbranched alkanes of at least 4 members (excludes halogenated alkanes) is 13. The highest BCUT2D eigenvalue weighted by atomic mass is 17.2. The Balaban J connectivity index is 1.76. The van der Waals surface area contributed by atoms with E-state index in [1.165, 1.54) is 77.0 Å². The Morgan fingerprint density at radius 2 is 1.15 bits per heavy atom. The Bertz CT molecular complexity index is 430. The molecular formula is C23H38O3. The summed E-state index contributed by atoms with van der Waals surface area (Å²) >= 11 is 0. The van der Waals surface area contributed by atoms with Crippen LogP contribution in [-0.4, -0.2) is 12.6 Å². The molecule has 0 spiro atoms. The molecule has 0 saturated carbocycles. The van der Waals surface area contributed by atoms with Crippen molar-refractivity contribution in [2.75, 3.05) is 6.61 Å². The molecule has 0 aliphatic carbocycles. The van der Waals surface area contributed by atoms with Crippen LogP contribution in [0.5, 0.6) is 0 Å². The fourth-order valence-electron chi connectivity index (χ4n) is 3.07. The lowest BCUT2D eigenvalue weighted by atomic mass is 10.0. The van der Waals surface area contributed by atoms with Gasteiger partial charge >= 0.3 is 5.97 Å². The van der Waals surface area contributed by atoms with Crippen molar-refractivity contribution in [3.63, 3.8) is 0 Å². The van der Waals surface area contributed by atoms with Gasteiger partial charge in [-0.05, 0) is 18.6 Å². The third-order valence-corrected chi connectivity index (χ3v) is 4.73. The second-order valence-corrected chi connectivity index (χ2v) is 7.15. The molecule has 1 aromatic carbocycles. The zero-order valence-corrected chi connectivity index (χ0v) is 16.7. The Kier molecular flexibility index (Phi) is 14.9. The largest absolute Gasteiger partial charge is 0.373 e. The maximum absolute atomic E-state index is 11.6. The molecule has 0 radical (unpaired) electrons. The molecule has 0 amide bonds. The van der Waals surface area contributed by atoms with E-state index in [9.17, 15) is 4.79 Å². The van der Waals surface area contributed by atoms with Crippen LogP contribution in [0.1, 0.15) is 107 Å². The second kappa shape index (κ2) is 17.1. The molecular weight excluding hydrogens is 324 g/mol. The summed E-state index contributed by atoms with van der Waals surface area (Å²) < 4.78 is 0. The summed E-state index contributed by atoms with van der Waals surface area (Å²) in [6.45, 7) is 2.75. The fourth-order valence-corrected chi connectivity index (χ4v) is 3.07. The van der Waals surface area contributed by atoms with Crippen molar-refractivity contribution in [3.05, 3.63) is 35.9 Å². The SMILES string of the molecule is CCCCCCCCCCCCCCCCOOC(=O)c1ccccc1. The lowest BCUT2D eigenvalue weighted by Crippen LogP contribution is -2.06. The third-order valence-electron chi connectivity index (χ3n) is 4.73. The summed E-state index contributed by atoms with van der Waals surface area (Å²) in [5.41, 5.74) is 0.522. The average molecular weight is 363 g/mol. The lowest BCUT2D eigenvalue weighted by Gasteiger charge is -2.04. The highest BCUT2D eigenvalue weighted by Crippen LogP contribution is 2.13. The molecule has 3 heteroatoms. The van der Waals surface area contributed by atoms with E-state index < -0.39 is 5.97 Å². The van der Waals surface area contributed by atoms with Gasteiger partial charge in [-0.2, -0.15) is 4.89 Å². The predicted octanol–water partition coefficient (Wildman–Crippen LogP) is 7.26. The van der Waals surface area contributed by atoms with E-state index in [2.05, 4.69) is 6.92 Å². The molecule has 1 aromatic rings. The van der Waals surface area contributed by atoms with Gasteiger partial charge in [0.2, 0.25) is 0 Å². The summed E-state index contributed by atoms with van der Waals surface area (Å²) in [7, 11) is 0. The van der Waals surface area contributed by atoms with Crippen molar-refractivity contribution in [1.82, 2.24) is 0 Å². The standard InChI is InChI=1S/C23H38O3/c1-2-3-4-5-6-7-8-9-10-11-12-13-14-18-21-25-26-23(24)22-19-16-15-17-20-22/h15-17,19-20H,2-14,18,21H2,1H3. The third kappa shape index (κ3) is 12.9. The first-order valence-electron chi connectivity index (χ1n) is 10.7. The highest BCUT2D eigenvalue weighted by molar-refractivity contribution is 5.88. The molecule has 0 atom stereocenters. The van der Waals surface area contributed by atoms with Crippen LogP contribution < -0.4 is 0 Å². The van der Waals surface area contributed by atoms with E-state index in [0.717, 1.165) is 12.8 Å². The Morgan fingerprint density at radius 1 is 0.692 bits per heavy atom. The molecule has 0 aliphatic heterocycles. The maximum Gasteiger partial charge on any atom is 0.373 e. The number of rotatable bonds is 17. The van der Waals surface area contributed by atoms with E-state index in [1.54, 1.807) is 12.1 Å². The van der Waals surface area contributed by atoms with Crippen LogP contribution in [0.3, 0.4) is 0 Å². The maximum atomic E-state index is 11.6. The van der Waals surface area contributed by atoms with Gasteiger partial charge in [-0.25, -0.2) is 4.79 Å². The average Bonchev–Trinajstić information content (AvgIpc) is 2.68. The van der Waals surface area contributed by atoms with E-state index in [0.29, 0.717) is 12.2 Å². The lowest BCUT2D eigenvalue weighted by molar-refractivity contribution is -0.241. The smallest absolute Gasteiger partial charge is 0.293 e. The first kappa shape index (κ1) is 22.7. The summed E-state index contributed by atoms with van der Waals surface area (Å²) in [6.07, 6.45) is 18.6. The van der Waals surface area contributed by atoms with E-state index >= 15 is 0 Å². The van der Waals surface area contributed by atoms with E-state index in [1.807, 2.05) is 18.2 Å². The number of carbonyl (C=O) groups excluding carboxylic acids is 1. The van der Waals surface area contributed by atoms with Crippen molar-refractivity contribution in [1.29, 1.82) is 0 Å². The summed E-state index contributed by atoms with van der Waals surface area (Å²) in [4.78, 5) is 21.5. The van der Waals surface area contributed by atoms with Crippen LogP contribution in [0.4, 0.5) is 0 Å². The van der Waals surface area contributed by atoms with Gasteiger partial charge < -0.3 is 0 Å². The quantitative estimate of drug-likeness (QED) is 0.166. The summed E-state index contributed by atoms with van der Waals surface area (Å²) in [5, 5.41) is 0. The molecule has 0 aliphatic rings. The molecule has 0 unspecified atom stereocenters. The molecule has 1 rings (SSSR count). The zero-order valence-electron chi connectivity index (χ0n) is 16.7. The minimum absolute atomic E-state index is 0.420. The van der Waals surface area contributed by atoms with Crippen LogP contribution >= 0.6 is 0 Å². The van der Waals surface area contributed by atoms with Gasteiger partial charge in [-0.1, -0.05) is 109 Å². The summed E-state index contributed by atoms with van der Waals surface area (Å²) in [5.74, 6) is -0.420. The molecule has 3 nitrogen and oxygen atoms in total. The van der Waals surface area contributed by atoms with Gasteiger partial charge in [0.25, 0.3) is 0 Å². The Morgan fingerprint density at radius 3 is 1.65 bits per heavy atom. The van der Waals surface area contributed by atoms with Crippen molar-refractivity contribution in [3.8, 4) is 0 Å². The van der Waals surface area contributed by atoms with E-state index in [-0.39, 0.29) is 0 Å². The molecule has 0 fully saturated rings. The van der Waals surface area contributed by atoms with Gasteiger partial charge in [0, 0.05) is 0 Å². The van der Waals surface area contributed by atoms with Crippen LogP contribution in [-0.2, 0) is 9.78 Å². The molecule has 0 N–H and O–H groups in total. The molecule has 148 valence electrons. The highest BCUT2D eigenvalue weighted by Gasteiger charge is 2.06. The Hall–Kier alpha value is -1.35. The van der Waals surface area contributed by atoms with Crippen LogP contribution in [0.15, 0.2) is 30.3 Å². The minimum atomic E-state index is -0.420. The number of benzene rings is 1. The summed E-state index contributed by atoms with van der Waals surface area (Å²) in [6, 6.07) is 8.93. The monoisotopic (exact) mass is 362 g/mol. The number of hydrogen-bond donors (Lipinski definition) is 0. The van der Waals surface area contributed by atoms with Crippen molar-refractivity contribution in [2.24, 2.45) is 0 Å². The van der Waals surface area contributed by atoms with Crippen molar-refractivity contribution < 1.29 is 14.6 Å². The normalized spacial score (nSPS) is 10.8. The van der Waals surface area contributed by atoms with Gasteiger partial charge in [0.15, 0.2) is 0 Å². The first-order valence-corrected chi connectivity index (χ1v) is 10.7. The van der Waals surface area contributed by atoms with Gasteiger partial charge in [0.1, 0.15) is 0 Å². The van der Waals surface area contributed by atoms with Crippen molar-refractivity contribution >= 4 is 5.97 Å². The molecule has 0 saturated heterocycles. The zero-order chi connectivity index (χ0) is 18.7. The predicted molar refractivity (Wildman–Crippen MR) is 108 cm³/mol. The first-order chi connectivity index (χ1) is 12.8. The number of carbonyl (C=O) groups is 1. The van der Waals surface area contributed by atoms with E-state index in [4.69, 9.17) is 9.78 Å². The molecule has 0 bridgehead atoms. The van der Waals surface area contributed by atoms with Gasteiger partial charge in [-0.3, -0.25) is 4.89 Å². The second-order valence-electron chi connectivity index (χ2n) is 7.15. The topological polar surface area (TPSA) is 35.5 Å². The van der Waals surface area contributed by atoms with Crippen LogP contribution in [0, 0.1) is 0 Å². The minimum Gasteiger partial charge on any atom is -0.293 e. The van der Waals surface area contributed by atoms with Gasteiger partial charge in [-0.15, -0.1) is 0 Å². The molecule has 0 heterocycles. The number of hydrogen-bond acceptors (Lipinski definition) is 3. The van der Waals surface area contributed by atoms with Gasteiger partial charge in [0.05, 0.1) is 12.2 Å². The van der Waals surface area contributed by atoms with Crippen LogP contribution in [0.2, 0.25) is 0 Å². The molecule has 0 aromatic heterocycles. The Labute approximate surface area is 160 Å². The van der Waals surface area contributed by atoms with Crippen LogP contribution in [0.25, 0.3) is 0 Å². The fraction of sp³-hybridized carbons (Fsp3) is 0.696.